The molecule has 3 aliphatic rings. The number of amides is 1. The van der Waals surface area contributed by atoms with Gasteiger partial charge in [-0.2, -0.15) is 0 Å². The first-order valence-electron chi connectivity index (χ1n) is 11.7. The van der Waals surface area contributed by atoms with E-state index in [0.29, 0.717) is 0 Å². The fourth-order valence-corrected chi connectivity index (χ4v) is 4.71. The second-order valence-corrected chi connectivity index (χ2v) is 9.36. The van der Waals surface area contributed by atoms with E-state index in [1.807, 2.05) is 0 Å². The van der Waals surface area contributed by atoms with Gasteiger partial charge in [-0.1, -0.05) is 0 Å². The fourth-order valence-electron chi connectivity index (χ4n) is 4.53. The van der Waals surface area contributed by atoms with E-state index < -0.39 is 118 Å². The van der Waals surface area contributed by atoms with Gasteiger partial charge in [-0.25, -0.2) is 0 Å². The van der Waals surface area contributed by atoms with Gasteiger partial charge < -0.3 is 75.0 Å². The van der Waals surface area contributed by atoms with Gasteiger partial charge in [-0.15, -0.1) is 0 Å². The van der Waals surface area contributed by atoms with Gasteiger partial charge in [0.1, 0.15) is 73.2 Å². The molecule has 0 radical (unpaired) electrons. The Bertz CT molecular complexity index is 767. The molecule has 0 spiro atoms. The molecule has 15 atom stereocenters. The largest absolute Gasteiger partial charge is 0.394 e. The minimum Gasteiger partial charge on any atom is -0.394 e. The summed E-state index contributed by atoms with van der Waals surface area (Å²) in [5.41, 5.74) is 0. The molecule has 3 aliphatic heterocycles. The maximum atomic E-state index is 11.6. The number of aliphatic hydroxyl groups is 9. The van der Waals surface area contributed by atoms with Crippen LogP contribution in [0.3, 0.4) is 0 Å². The third-order valence-electron chi connectivity index (χ3n) is 6.58. The molecule has 0 aromatic heterocycles. The zero-order valence-corrected chi connectivity index (χ0v) is 21.0. The normalized spacial score (nSPS) is 48.0. The predicted octanol–water partition coefficient (Wildman–Crippen LogP) is -6.56. The fraction of sp³-hybridized carbons (Fsp3) is 0.950. The molecule has 0 aromatic rings. The quantitative estimate of drug-likeness (QED) is 0.0898. The van der Waals surface area contributed by atoms with Gasteiger partial charge in [-0.05, 0) is 12.9 Å². The molecule has 3 heterocycles. The Kier molecular flexibility index (Phi) is 11.5. The molecule has 222 valence electrons. The van der Waals surface area contributed by atoms with Crippen LogP contribution >= 0.6 is 12.9 Å². The molecule has 1 amide bonds. The number of rotatable bonds is 9. The van der Waals surface area contributed by atoms with Crippen molar-refractivity contribution in [1.29, 1.82) is 0 Å². The highest BCUT2D eigenvalue weighted by molar-refractivity contribution is 7.75. The summed E-state index contributed by atoms with van der Waals surface area (Å²) in [4.78, 5) is 11.6. The molecular formula is C20H35NO16S. The number of thiol groups is 1. The Labute approximate surface area is 222 Å². The molecule has 18 heteroatoms. The van der Waals surface area contributed by atoms with Gasteiger partial charge in [-0.3, -0.25) is 8.98 Å². The zero-order chi connectivity index (χ0) is 28.3. The summed E-state index contributed by atoms with van der Waals surface area (Å²) in [6.45, 7) is -1.12. The van der Waals surface area contributed by atoms with Gasteiger partial charge in [0.05, 0.1) is 19.8 Å². The van der Waals surface area contributed by atoms with Crippen molar-refractivity contribution in [1.82, 2.24) is 5.32 Å². The SMILES string of the molecule is CC(=O)NC1C(O)[C@H](O[C@@H]2OC(CO)[C@H](O)C(O[C@H]3OC(CO)[C@H](O)C(O)C3O)C2O)C(CO)O[C@H]1OS. The topological polar surface area (TPSA) is 267 Å². The summed E-state index contributed by atoms with van der Waals surface area (Å²) in [7, 11) is 0. The Balaban J connectivity index is 1.81. The van der Waals surface area contributed by atoms with E-state index in [0.717, 1.165) is 0 Å². The lowest BCUT2D eigenvalue weighted by molar-refractivity contribution is -0.374. The predicted molar refractivity (Wildman–Crippen MR) is 121 cm³/mol. The molecule has 38 heavy (non-hydrogen) atoms. The molecule has 3 rings (SSSR count). The average molecular weight is 578 g/mol. The van der Waals surface area contributed by atoms with Crippen LogP contribution in [0.25, 0.3) is 0 Å². The zero-order valence-electron chi connectivity index (χ0n) is 20.1. The first-order valence-corrected chi connectivity index (χ1v) is 12.1. The minimum absolute atomic E-state index is 0.570. The molecule has 3 fully saturated rings. The summed E-state index contributed by atoms with van der Waals surface area (Å²) in [6, 6.07) is -1.24. The summed E-state index contributed by atoms with van der Waals surface area (Å²) in [5, 5.41) is 94.0. The monoisotopic (exact) mass is 577 g/mol. The van der Waals surface area contributed by atoms with E-state index in [9.17, 15) is 50.8 Å². The first kappa shape index (κ1) is 31.7. The van der Waals surface area contributed by atoms with Crippen LogP contribution in [0.15, 0.2) is 0 Å². The lowest BCUT2D eigenvalue weighted by Crippen LogP contribution is -2.68. The van der Waals surface area contributed by atoms with Crippen LogP contribution in [-0.4, -0.2) is 164 Å². The standard InChI is InChI=1S/C20H35NO16S/c1-5(25)21-9-12(28)16(8(4-24)34-18(9)37-38)35-20-15(31)17(11(27)7(3-23)33-20)36-19-14(30)13(29)10(26)6(2-22)32-19/h6-20,22-24,26-31,38H,2-4H2,1H3,(H,21,25)/t6?,7?,8?,9?,10-,11-,12?,13?,14?,15?,16+,17?,18-,19+,20-/m0/s1. The number of hydrogen-bond donors (Lipinski definition) is 11. The molecule has 10 N–H and O–H groups in total. The third kappa shape index (κ3) is 6.57. The van der Waals surface area contributed by atoms with E-state index in [4.69, 9.17) is 27.9 Å². The van der Waals surface area contributed by atoms with Crippen molar-refractivity contribution in [3.8, 4) is 0 Å². The van der Waals surface area contributed by atoms with Gasteiger partial charge in [0.25, 0.3) is 0 Å². The number of nitrogens with one attached hydrogen (secondary N) is 1. The Morgan fingerprint density at radius 2 is 1.18 bits per heavy atom. The molecule has 17 nitrogen and oxygen atoms in total. The van der Waals surface area contributed by atoms with Crippen LogP contribution in [0, 0.1) is 0 Å². The second kappa shape index (κ2) is 13.7. The number of carbonyl (C=O) groups excluding carboxylic acids is 1. The smallest absolute Gasteiger partial charge is 0.217 e. The van der Waals surface area contributed by atoms with Crippen molar-refractivity contribution in [2.45, 2.75) is 99.0 Å². The van der Waals surface area contributed by atoms with Gasteiger partial charge in [0, 0.05) is 6.92 Å². The Morgan fingerprint density at radius 3 is 1.71 bits per heavy atom. The molecular weight excluding hydrogens is 542 g/mol. The van der Waals surface area contributed by atoms with E-state index in [1.165, 1.54) is 6.92 Å². The van der Waals surface area contributed by atoms with E-state index >= 15 is 0 Å². The molecule has 3 saturated heterocycles. The van der Waals surface area contributed by atoms with E-state index in [-0.39, 0.29) is 0 Å². The molecule has 0 aliphatic carbocycles. The van der Waals surface area contributed by atoms with Crippen LogP contribution in [0.1, 0.15) is 6.92 Å². The summed E-state index contributed by atoms with van der Waals surface area (Å²) in [6.07, 6.45) is -22.7. The average Bonchev–Trinajstić information content (AvgIpc) is 2.89. The van der Waals surface area contributed by atoms with Crippen LogP contribution in [0.5, 0.6) is 0 Å². The minimum atomic E-state index is -1.90. The van der Waals surface area contributed by atoms with Gasteiger partial charge in [0.2, 0.25) is 5.91 Å². The van der Waals surface area contributed by atoms with Crippen LogP contribution in [-0.2, 0) is 32.7 Å². The molecule has 9 unspecified atom stereocenters. The maximum absolute atomic E-state index is 11.6. The lowest BCUT2D eigenvalue weighted by atomic mass is 9.95. The van der Waals surface area contributed by atoms with Crippen LogP contribution in [0.2, 0.25) is 0 Å². The van der Waals surface area contributed by atoms with E-state index in [2.05, 4.69) is 18.2 Å². The number of hydrogen-bond acceptors (Lipinski definition) is 17. The number of carbonyl (C=O) groups is 1. The molecule has 0 saturated carbocycles. The first-order chi connectivity index (χ1) is 18.0. The Hall–Kier alpha value is -0.780. The highest BCUT2D eigenvalue weighted by atomic mass is 32.1. The third-order valence-corrected chi connectivity index (χ3v) is 6.79. The van der Waals surface area contributed by atoms with Crippen molar-refractivity contribution >= 4 is 18.8 Å². The second-order valence-electron chi connectivity index (χ2n) is 9.15. The highest BCUT2D eigenvalue weighted by Gasteiger charge is 2.54. The van der Waals surface area contributed by atoms with Gasteiger partial charge >= 0.3 is 0 Å². The van der Waals surface area contributed by atoms with Crippen molar-refractivity contribution in [3.63, 3.8) is 0 Å². The summed E-state index contributed by atoms with van der Waals surface area (Å²) in [5.74, 6) is -0.570. The number of ether oxygens (including phenoxy) is 5. The maximum Gasteiger partial charge on any atom is 0.217 e. The Morgan fingerprint density at radius 1 is 0.684 bits per heavy atom. The number of aliphatic hydroxyl groups excluding tert-OH is 9. The van der Waals surface area contributed by atoms with Crippen molar-refractivity contribution in [3.05, 3.63) is 0 Å². The van der Waals surface area contributed by atoms with Gasteiger partial charge in [0.15, 0.2) is 18.9 Å². The molecule has 0 bridgehead atoms. The summed E-state index contributed by atoms with van der Waals surface area (Å²) < 4.78 is 32.2. The van der Waals surface area contributed by atoms with Crippen molar-refractivity contribution in [2.75, 3.05) is 19.8 Å². The van der Waals surface area contributed by atoms with Crippen molar-refractivity contribution < 1.29 is 78.6 Å². The van der Waals surface area contributed by atoms with Crippen LogP contribution < -0.4 is 5.32 Å². The lowest BCUT2D eigenvalue weighted by Gasteiger charge is -2.48. The summed E-state index contributed by atoms with van der Waals surface area (Å²) >= 11 is 3.65. The van der Waals surface area contributed by atoms with Crippen LogP contribution in [0.4, 0.5) is 0 Å². The van der Waals surface area contributed by atoms with Crippen molar-refractivity contribution in [2.24, 2.45) is 0 Å². The highest BCUT2D eigenvalue weighted by Crippen LogP contribution is 2.32. The molecule has 0 aromatic carbocycles. The van der Waals surface area contributed by atoms with E-state index in [1.54, 1.807) is 0 Å².